The zero-order chi connectivity index (χ0) is 13.1. The topological polar surface area (TPSA) is 60.2 Å². The summed E-state index contributed by atoms with van der Waals surface area (Å²) < 4.78 is 0. The molecule has 0 saturated carbocycles. The molecule has 18 heavy (non-hydrogen) atoms. The number of nitro groups is 1. The number of carbonyl (C=O) groups is 1. The van der Waals surface area contributed by atoms with Gasteiger partial charge >= 0.3 is 0 Å². The Morgan fingerprint density at radius 1 is 1.06 bits per heavy atom. The van der Waals surface area contributed by atoms with E-state index in [0.717, 1.165) is 11.1 Å². The van der Waals surface area contributed by atoms with E-state index in [1.165, 1.54) is 19.1 Å². The lowest BCUT2D eigenvalue weighted by Gasteiger charge is -2.02. The number of benzene rings is 2. The van der Waals surface area contributed by atoms with E-state index in [4.69, 9.17) is 0 Å². The third-order valence-corrected chi connectivity index (χ3v) is 2.68. The first-order valence-corrected chi connectivity index (χ1v) is 5.44. The van der Waals surface area contributed by atoms with Gasteiger partial charge < -0.3 is 0 Å². The van der Waals surface area contributed by atoms with Crippen LogP contribution in [0.25, 0.3) is 11.1 Å². The molecule has 0 unspecified atom stereocenters. The molecule has 0 aliphatic rings. The quantitative estimate of drug-likeness (QED) is 0.469. The predicted molar refractivity (Wildman–Crippen MR) is 68.5 cm³/mol. The molecule has 0 N–H and O–H groups in total. The summed E-state index contributed by atoms with van der Waals surface area (Å²) in [5.41, 5.74) is 2.30. The van der Waals surface area contributed by atoms with Crippen molar-refractivity contribution in [3.05, 3.63) is 64.2 Å². The molecule has 90 valence electrons. The molecular formula is C14H11NO3. The van der Waals surface area contributed by atoms with Gasteiger partial charge in [0, 0.05) is 17.7 Å². The molecule has 0 saturated heterocycles. The lowest BCUT2D eigenvalue weighted by molar-refractivity contribution is -0.384. The predicted octanol–water partition coefficient (Wildman–Crippen LogP) is 3.46. The van der Waals surface area contributed by atoms with Gasteiger partial charge in [0.15, 0.2) is 5.78 Å². The van der Waals surface area contributed by atoms with Crippen LogP contribution in [0.3, 0.4) is 0 Å². The van der Waals surface area contributed by atoms with Gasteiger partial charge in [0.2, 0.25) is 0 Å². The Morgan fingerprint density at radius 2 is 1.72 bits per heavy atom. The number of hydrogen-bond acceptors (Lipinski definition) is 3. The Bertz CT molecular complexity index is 603. The normalized spacial score (nSPS) is 10.1. The van der Waals surface area contributed by atoms with Crippen LogP contribution in [0.4, 0.5) is 5.69 Å². The van der Waals surface area contributed by atoms with Gasteiger partial charge in [0.1, 0.15) is 0 Å². The van der Waals surface area contributed by atoms with Crippen molar-refractivity contribution in [2.24, 2.45) is 0 Å². The zero-order valence-electron chi connectivity index (χ0n) is 9.79. The van der Waals surface area contributed by atoms with E-state index in [2.05, 4.69) is 0 Å². The average molecular weight is 241 g/mol. The van der Waals surface area contributed by atoms with Crippen molar-refractivity contribution in [2.45, 2.75) is 6.92 Å². The molecule has 0 aliphatic carbocycles. The molecular weight excluding hydrogens is 230 g/mol. The van der Waals surface area contributed by atoms with E-state index in [9.17, 15) is 14.9 Å². The first kappa shape index (κ1) is 12.0. The molecule has 0 spiro atoms. The van der Waals surface area contributed by atoms with Crippen LogP contribution in [0.5, 0.6) is 0 Å². The van der Waals surface area contributed by atoms with Crippen molar-refractivity contribution in [1.82, 2.24) is 0 Å². The van der Waals surface area contributed by atoms with Gasteiger partial charge in [-0.3, -0.25) is 14.9 Å². The second kappa shape index (κ2) is 4.79. The second-order valence-electron chi connectivity index (χ2n) is 3.94. The molecule has 0 fully saturated rings. The highest BCUT2D eigenvalue weighted by Gasteiger charge is 2.07. The summed E-state index contributed by atoms with van der Waals surface area (Å²) in [5, 5.41) is 10.7. The minimum Gasteiger partial charge on any atom is -0.295 e. The maximum atomic E-state index is 11.1. The number of nitrogens with zero attached hydrogens (tertiary/aromatic N) is 1. The lowest BCUT2D eigenvalue weighted by Crippen LogP contribution is -1.91. The van der Waals surface area contributed by atoms with Crippen LogP contribution in [-0.2, 0) is 0 Å². The number of rotatable bonds is 3. The number of carbonyl (C=O) groups excluding carboxylic acids is 1. The van der Waals surface area contributed by atoms with Crippen molar-refractivity contribution in [2.75, 3.05) is 0 Å². The summed E-state index contributed by atoms with van der Waals surface area (Å²) in [7, 11) is 0. The molecule has 0 radical (unpaired) electrons. The third kappa shape index (κ3) is 2.43. The fourth-order valence-electron chi connectivity index (χ4n) is 1.70. The van der Waals surface area contributed by atoms with E-state index in [1.807, 2.05) is 0 Å². The molecule has 0 heterocycles. The van der Waals surface area contributed by atoms with Gasteiger partial charge in [-0.05, 0) is 18.1 Å². The van der Waals surface area contributed by atoms with Gasteiger partial charge in [0.25, 0.3) is 5.69 Å². The summed E-state index contributed by atoms with van der Waals surface area (Å²) in [6.45, 7) is 1.50. The second-order valence-corrected chi connectivity index (χ2v) is 3.94. The van der Waals surface area contributed by atoms with E-state index >= 15 is 0 Å². The van der Waals surface area contributed by atoms with E-state index in [0.29, 0.717) is 5.56 Å². The van der Waals surface area contributed by atoms with Crippen LogP contribution in [0.15, 0.2) is 48.5 Å². The first-order valence-electron chi connectivity index (χ1n) is 5.44. The van der Waals surface area contributed by atoms with Gasteiger partial charge in [0.05, 0.1) is 4.92 Å². The highest BCUT2D eigenvalue weighted by molar-refractivity contribution is 5.94. The average Bonchev–Trinajstić information content (AvgIpc) is 2.39. The maximum absolute atomic E-state index is 11.1. The first-order chi connectivity index (χ1) is 8.58. The van der Waals surface area contributed by atoms with Crippen molar-refractivity contribution >= 4 is 11.5 Å². The number of hydrogen-bond donors (Lipinski definition) is 0. The monoisotopic (exact) mass is 241 g/mol. The van der Waals surface area contributed by atoms with Gasteiger partial charge in [-0.1, -0.05) is 36.4 Å². The van der Waals surface area contributed by atoms with Crippen molar-refractivity contribution < 1.29 is 9.72 Å². The zero-order valence-corrected chi connectivity index (χ0v) is 9.79. The summed E-state index contributed by atoms with van der Waals surface area (Å²) in [4.78, 5) is 21.4. The van der Waals surface area contributed by atoms with Crippen LogP contribution in [0.2, 0.25) is 0 Å². The molecule has 0 amide bonds. The minimum atomic E-state index is -0.423. The summed E-state index contributed by atoms with van der Waals surface area (Å²) in [6, 6.07) is 13.4. The van der Waals surface area contributed by atoms with Crippen molar-refractivity contribution in [3.8, 4) is 11.1 Å². The van der Waals surface area contributed by atoms with E-state index in [-0.39, 0.29) is 11.5 Å². The number of non-ortho nitro benzene ring substituents is 1. The Labute approximate surface area is 104 Å². The largest absolute Gasteiger partial charge is 0.295 e. The number of nitro benzene ring substituents is 1. The number of Topliss-reactive ketones (excluding diaryl/α,β-unsaturated/α-hetero) is 1. The van der Waals surface area contributed by atoms with Crippen LogP contribution < -0.4 is 0 Å². The van der Waals surface area contributed by atoms with Crippen molar-refractivity contribution in [3.63, 3.8) is 0 Å². The minimum absolute atomic E-state index is 0.000548. The van der Waals surface area contributed by atoms with Crippen molar-refractivity contribution in [1.29, 1.82) is 0 Å². The van der Waals surface area contributed by atoms with Crippen LogP contribution in [0, 0.1) is 10.1 Å². The molecule has 0 bridgehead atoms. The molecule has 0 atom stereocenters. The lowest BCUT2D eigenvalue weighted by atomic mass is 10.0. The summed E-state index contributed by atoms with van der Waals surface area (Å²) >= 11 is 0. The Hall–Kier alpha value is -2.49. The SMILES string of the molecule is CC(=O)c1ccc(-c2cccc([N+](=O)[O-])c2)cc1. The number of ketones is 1. The fraction of sp³-hybridized carbons (Fsp3) is 0.0714. The summed E-state index contributed by atoms with van der Waals surface area (Å²) in [5.74, 6) is 0.000548. The molecule has 4 heteroatoms. The smallest absolute Gasteiger partial charge is 0.270 e. The van der Waals surface area contributed by atoms with Crippen LogP contribution >= 0.6 is 0 Å². The highest BCUT2D eigenvalue weighted by atomic mass is 16.6. The molecule has 2 aromatic carbocycles. The molecule has 4 nitrogen and oxygen atoms in total. The van der Waals surface area contributed by atoms with Crippen LogP contribution in [0.1, 0.15) is 17.3 Å². The van der Waals surface area contributed by atoms with E-state index < -0.39 is 4.92 Å². The highest BCUT2D eigenvalue weighted by Crippen LogP contribution is 2.24. The van der Waals surface area contributed by atoms with Gasteiger partial charge in [-0.25, -0.2) is 0 Å². The summed E-state index contributed by atoms with van der Waals surface area (Å²) in [6.07, 6.45) is 0. The van der Waals surface area contributed by atoms with Gasteiger partial charge in [-0.15, -0.1) is 0 Å². The molecule has 0 aliphatic heterocycles. The Morgan fingerprint density at radius 3 is 2.28 bits per heavy atom. The standard InChI is InChI=1S/C14H11NO3/c1-10(16)11-5-7-12(8-6-11)13-3-2-4-14(9-13)15(17)18/h2-9H,1H3. The molecule has 2 rings (SSSR count). The Balaban J connectivity index is 2.39. The molecule has 0 aromatic heterocycles. The molecule has 2 aromatic rings. The van der Waals surface area contributed by atoms with Gasteiger partial charge in [-0.2, -0.15) is 0 Å². The van der Waals surface area contributed by atoms with E-state index in [1.54, 1.807) is 36.4 Å². The third-order valence-electron chi connectivity index (χ3n) is 2.68. The fourth-order valence-corrected chi connectivity index (χ4v) is 1.70. The Kier molecular flexibility index (Phi) is 3.19. The van der Waals surface area contributed by atoms with Crippen LogP contribution in [-0.4, -0.2) is 10.7 Å². The maximum Gasteiger partial charge on any atom is 0.270 e.